The molecule has 0 amide bonds. The van der Waals surface area contributed by atoms with Gasteiger partial charge in [0.05, 0.1) is 0 Å². The van der Waals surface area contributed by atoms with Gasteiger partial charge in [-0.2, -0.15) is 0 Å². The number of carbonyl (C=O) groups is 1. The van der Waals surface area contributed by atoms with Gasteiger partial charge in [-0.05, 0) is 27.8 Å². The van der Waals surface area contributed by atoms with E-state index in [1.165, 1.54) is 10.4 Å². The van der Waals surface area contributed by atoms with Gasteiger partial charge in [0.1, 0.15) is 0 Å². The van der Waals surface area contributed by atoms with Crippen molar-refractivity contribution in [1.82, 2.24) is 0 Å². The van der Waals surface area contributed by atoms with Crippen molar-refractivity contribution in [3.63, 3.8) is 0 Å². The van der Waals surface area contributed by atoms with Crippen LogP contribution in [0.4, 0.5) is 0 Å². The number of hydrogen-bond acceptors (Lipinski definition) is 2. The summed E-state index contributed by atoms with van der Waals surface area (Å²) in [5, 5.41) is 2.56. The second-order valence-corrected chi connectivity index (χ2v) is 11.4. The molecule has 0 bridgehead atoms. The molecule has 130 valence electrons. The van der Waals surface area contributed by atoms with Gasteiger partial charge in [-0.25, -0.2) is 0 Å². The van der Waals surface area contributed by atoms with E-state index in [1.807, 2.05) is 12.1 Å². The Kier molecular flexibility index (Phi) is 6.75. The topological polar surface area (TPSA) is 26.3 Å². The molecule has 2 rings (SSSR count). The zero-order valence-electron chi connectivity index (χ0n) is 15.3. The molecule has 0 fully saturated rings. The SMILES string of the molecule is CC(C)(C)[Si](OCCCC#CC=O)(c1ccccc1)c1ccccc1. The third kappa shape index (κ3) is 4.48. The lowest BCUT2D eigenvalue weighted by Crippen LogP contribution is -2.66. The second-order valence-electron chi connectivity index (χ2n) is 7.05. The Balaban J connectivity index is 2.40. The summed E-state index contributed by atoms with van der Waals surface area (Å²) in [6, 6.07) is 21.2. The van der Waals surface area contributed by atoms with E-state index in [4.69, 9.17) is 4.43 Å². The highest BCUT2D eigenvalue weighted by Crippen LogP contribution is 2.36. The first-order chi connectivity index (χ1) is 12.0. The van der Waals surface area contributed by atoms with Crippen molar-refractivity contribution in [2.45, 2.75) is 38.7 Å². The van der Waals surface area contributed by atoms with Gasteiger partial charge in [0.25, 0.3) is 8.32 Å². The van der Waals surface area contributed by atoms with E-state index in [0.29, 0.717) is 19.3 Å². The standard InChI is InChI=1S/C22H26O2Si/c1-22(2,3)25(20-14-8-6-9-15-20,21-16-10-7-11-17-21)24-19-13-5-4-12-18-23/h6-11,14-18H,5,13,19H2,1-3H3. The average molecular weight is 351 g/mol. The molecule has 0 atom stereocenters. The van der Waals surface area contributed by atoms with E-state index >= 15 is 0 Å². The number of hydrogen-bond donors (Lipinski definition) is 0. The molecule has 3 heteroatoms. The molecular formula is C22H26O2Si. The molecule has 0 saturated heterocycles. The molecule has 0 radical (unpaired) electrons. The van der Waals surface area contributed by atoms with E-state index < -0.39 is 8.32 Å². The Labute approximate surface area is 152 Å². The molecule has 0 N–H and O–H groups in total. The van der Waals surface area contributed by atoms with Crippen LogP contribution in [0.3, 0.4) is 0 Å². The number of aldehydes is 1. The molecule has 25 heavy (non-hydrogen) atoms. The van der Waals surface area contributed by atoms with Gasteiger partial charge in [-0.3, -0.25) is 4.79 Å². The summed E-state index contributed by atoms with van der Waals surface area (Å²) in [4.78, 5) is 10.3. The van der Waals surface area contributed by atoms with E-state index in [9.17, 15) is 4.79 Å². The van der Waals surface area contributed by atoms with Crippen molar-refractivity contribution in [3.05, 3.63) is 60.7 Å². The minimum Gasteiger partial charge on any atom is -0.407 e. The highest BCUT2D eigenvalue weighted by Gasteiger charge is 2.49. The van der Waals surface area contributed by atoms with Crippen molar-refractivity contribution in [2.75, 3.05) is 6.61 Å². The lowest BCUT2D eigenvalue weighted by molar-refractivity contribution is -0.103. The predicted octanol–water partition coefficient (Wildman–Crippen LogP) is 3.55. The number of unbranched alkanes of at least 4 members (excludes halogenated alkanes) is 1. The van der Waals surface area contributed by atoms with E-state index in [1.54, 1.807) is 0 Å². The molecule has 0 heterocycles. The monoisotopic (exact) mass is 350 g/mol. The molecule has 2 aromatic carbocycles. The Bertz CT molecular complexity index is 682. The van der Waals surface area contributed by atoms with E-state index in [0.717, 1.165) is 6.42 Å². The average Bonchev–Trinajstić information content (AvgIpc) is 2.62. The first-order valence-electron chi connectivity index (χ1n) is 8.69. The van der Waals surface area contributed by atoms with Crippen molar-refractivity contribution in [1.29, 1.82) is 0 Å². The number of rotatable bonds is 6. The van der Waals surface area contributed by atoms with Gasteiger partial charge in [0.15, 0.2) is 6.29 Å². The van der Waals surface area contributed by atoms with Crippen molar-refractivity contribution in [2.24, 2.45) is 0 Å². The Hall–Kier alpha value is -2.15. The van der Waals surface area contributed by atoms with Gasteiger partial charge >= 0.3 is 0 Å². The quantitative estimate of drug-likeness (QED) is 0.345. The highest BCUT2D eigenvalue weighted by atomic mass is 28.4. The highest BCUT2D eigenvalue weighted by molar-refractivity contribution is 6.99. The molecular weight excluding hydrogens is 324 g/mol. The Morgan fingerprint density at radius 2 is 1.48 bits per heavy atom. The van der Waals surface area contributed by atoms with Crippen LogP contribution in [0.25, 0.3) is 0 Å². The number of benzene rings is 2. The summed E-state index contributed by atoms with van der Waals surface area (Å²) in [5.74, 6) is 5.32. The molecule has 0 unspecified atom stereocenters. The summed E-state index contributed by atoms with van der Waals surface area (Å²) in [7, 11) is -2.44. The smallest absolute Gasteiger partial charge is 0.261 e. The fourth-order valence-corrected chi connectivity index (χ4v) is 7.87. The lowest BCUT2D eigenvalue weighted by atomic mass is 10.2. The lowest BCUT2D eigenvalue weighted by Gasteiger charge is -2.43. The molecule has 0 aromatic heterocycles. The predicted molar refractivity (Wildman–Crippen MR) is 107 cm³/mol. The van der Waals surface area contributed by atoms with Gasteiger partial charge in [0.2, 0.25) is 0 Å². The summed E-state index contributed by atoms with van der Waals surface area (Å²) < 4.78 is 6.73. The fourth-order valence-electron chi connectivity index (χ4n) is 3.26. The molecule has 2 nitrogen and oxygen atoms in total. The van der Waals surface area contributed by atoms with Crippen LogP contribution in [-0.4, -0.2) is 21.2 Å². The van der Waals surface area contributed by atoms with Crippen LogP contribution in [0.5, 0.6) is 0 Å². The van der Waals surface area contributed by atoms with Crippen LogP contribution in [0.2, 0.25) is 5.04 Å². The van der Waals surface area contributed by atoms with Gasteiger partial charge in [-0.15, -0.1) is 0 Å². The molecule has 0 aliphatic heterocycles. The molecule has 0 aliphatic rings. The molecule has 0 saturated carbocycles. The van der Waals surface area contributed by atoms with Crippen LogP contribution in [0, 0.1) is 11.8 Å². The largest absolute Gasteiger partial charge is 0.407 e. The van der Waals surface area contributed by atoms with E-state index in [2.05, 4.69) is 81.1 Å². The van der Waals surface area contributed by atoms with Crippen molar-refractivity contribution >= 4 is 25.0 Å². The molecule has 0 aliphatic carbocycles. The summed E-state index contributed by atoms with van der Waals surface area (Å²) in [5.41, 5.74) is 0. The molecule has 0 spiro atoms. The third-order valence-electron chi connectivity index (χ3n) is 4.34. The van der Waals surface area contributed by atoms with Crippen LogP contribution < -0.4 is 10.4 Å². The first kappa shape index (κ1) is 19.2. The van der Waals surface area contributed by atoms with Gasteiger partial charge < -0.3 is 4.43 Å². The maximum absolute atomic E-state index is 10.3. The summed E-state index contributed by atoms with van der Waals surface area (Å²) in [6.07, 6.45) is 2.14. The fraction of sp³-hybridized carbons (Fsp3) is 0.318. The molecule has 2 aromatic rings. The van der Waals surface area contributed by atoms with Crippen LogP contribution >= 0.6 is 0 Å². The van der Waals surface area contributed by atoms with Crippen LogP contribution in [0.1, 0.15) is 33.6 Å². The maximum atomic E-state index is 10.3. The van der Waals surface area contributed by atoms with Crippen molar-refractivity contribution < 1.29 is 9.22 Å². The normalized spacial score (nSPS) is 11.5. The zero-order valence-corrected chi connectivity index (χ0v) is 16.3. The Morgan fingerprint density at radius 3 is 1.92 bits per heavy atom. The first-order valence-corrected chi connectivity index (χ1v) is 10.6. The summed E-state index contributed by atoms with van der Waals surface area (Å²) in [6.45, 7) is 7.45. The number of carbonyl (C=O) groups excluding carboxylic acids is 1. The summed E-state index contributed by atoms with van der Waals surface area (Å²) >= 11 is 0. The minimum atomic E-state index is -2.44. The minimum absolute atomic E-state index is 0.00974. The van der Waals surface area contributed by atoms with Gasteiger partial charge in [-0.1, -0.05) is 87.4 Å². The van der Waals surface area contributed by atoms with Gasteiger partial charge in [0, 0.05) is 13.0 Å². The zero-order chi connectivity index (χ0) is 18.2. The maximum Gasteiger partial charge on any atom is 0.261 e. The van der Waals surface area contributed by atoms with Crippen LogP contribution in [0.15, 0.2) is 60.7 Å². The third-order valence-corrected chi connectivity index (χ3v) is 9.38. The van der Waals surface area contributed by atoms with Crippen LogP contribution in [-0.2, 0) is 9.22 Å². The van der Waals surface area contributed by atoms with E-state index in [-0.39, 0.29) is 5.04 Å². The Morgan fingerprint density at radius 1 is 0.960 bits per heavy atom. The second kappa shape index (κ2) is 8.80. The van der Waals surface area contributed by atoms with Crippen molar-refractivity contribution in [3.8, 4) is 11.8 Å².